The van der Waals surface area contributed by atoms with Gasteiger partial charge in [0, 0.05) is 18.6 Å². The third-order valence-corrected chi connectivity index (χ3v) is 2.83. The lowest BCUT2D eigenvalue weighted by Gasteiger charge is -2.26. The monoisotopic (exact) mass is 268 g/mol. The molecule has 0 aromatic heterocycles. The van der Waals surface area contributed by atoms with Crippen molar-refractivity contribution >= 4 is 0 Å². The van der Waals surface area contributed by atoms with Crippen LogP contribution in [-0.2, 0) is 0 Å². The second-order valence-corrected chi connectivity index (χ2v) is 5.08. The Balaban J connectivity index is 2.40. The van der Waals surface area contributed by atoms with Gasteiger partial charge < -0.3 is 25.6 Å². The average Bonchev–Trinajstić information content (AvgIpc) is 2.43. The summed E-state index contributed by atoms with van der Waals surface area (Å²) in [5.74, 6) is 1.28. The summed E-state index contributed by atoms with van der Waals surface area (Å²) in [7, 11) is 1.59. The summed E-state index contributed by atoms with van der Waals surface area (Å²) in [6.07, 6.45) is -0.601. The van der Waals surface area contributed by atoms with E-state index in [9.17, 15) is 5.11 Å². The van der Waals surface area contributed by atoms with Crippen molar-refractivity contribution in [1.82, 2.24) is 5.32 Å². The topological polar surface area (TPSA) is 76.7 Å². The molecule has 0 saturated carbocycles. The number of rotatable bonds is 8. The number of hydrogen-bond donors (Lipinski definition) is 3. The van der Waals surface area contributed by atoms with Gasteiger partial charge in [0.05, 0.1) is 7.11 Å². The van der Waals surface area contributed by atoms with Crippen molar-refractivity contribution in [3.05, 3.63) is 24.3 Å². The molecule has 0 fully saturated rings. The van der Waals surface area contributed by atoms with E-state index in [1.807, 2.05) is 38.1 Å². The van der Waals surface area contributed by atoms with E-state index < -0.39 is 6.10 Å². The molecule has 1 unspecified atom stereocenters. The normalized spacial score (nSPS) is 13.1. The second kappa shape index (κ2) is 7.33. The van der Waals surface area contributed by atoms with Crippen molar-refractivity contribution in [1.29, 1.82) is 0 Å². The highest BCUT2D eigenvalue weighted by Crippen LogP contribution is 2.25. The van der Waals surface area contributed by atoms with E-state index in [0.29, 0.717) is 24.6 Å². The Hall–Kier alpha value is -1.30. The van der Waals surface area contributed by atoms with Crippen LogP contribution in [0.1, 0.15) is 13.8 Å². The van der Waals surface area contributed by atoms with Crippen LogP contribution in [0.25, 0.3) is 0 Å². The molecule has 5 nitrogen and oxygen atoms in total. The summed E-state index contributed by atoms with van der Waals surface area (Å²) >= 11 is 0. The Morgan fingerprint density at radius 2 is 1.95 bits per heavy atom. The van der Waals surface area contributed by atoms with Crippen LogP contribution in [0.2, 0.25) is 0 Å². The van der Waals surface area contributed by atoms with Crippen molar-refractivity contribution in [2.45, 2.75) is 25.5 Å². The van der Waals surface area contributed by atoms with Gasteiger partial charge in [-0.15, -0.1) is 0 Å². The first-order chi connectivity index (χ1) is 8.98. The van der Waals surface area contributed by atoms with Gasteiger partial charge in [-0.05, 0) is 26.0 Å². The Kier molecular flexibility index (Phi) is 6.08. The van der Waals surface area contributed by atoms with Crippen LogP contribution in [0.15, 0.2) is 24.3 Å². The molecule has 0 bridgehead atoms. The molecule has 0 aliphatic carbocycles. The molecule has 108 valence electrons. The molecule has 1 aromatic carbocycles. The van der Waals surface area contributed by atoms with Gasteiger partial charge in [-0.1, -0.05) is 12.1 Å². The van der Waals surface area contributed by atoms with Crippen LogP contribution in [0.3, 0.4) is 0 Å². The largest absolute Gasteiger partial charge is 0.493 e. The average molecular weight is 268 g/mol. The quantitative estimate of drug-likeness (QED) is 0.649. The molecular weight excluding hydrogens is 244 g/mol. The maximum Gasteiger partial charge on any atom is 0.161 e. The number of hydrogen-bond acceptors (Lipinski definition) is 5. The highest BCUT2D eigenvalue weighted by Gasteiger charge is 2.16. The SMILES string of the molecule is COc1ccccc1OCC(O)CNC(C)(C)CN. The molecule has 0 aliphatic heterocycles. The van der Waals surface area contributed by atoms with E-state index in [1.54, 1.807) is 7.11 Å². The molecule has 1 atom stereocenters. The number of aliphatic hydroxyl groups is 1. The Bertz CT molecular complexity index is 383. The number of β-amino-alcohol motifs (C(OH)–C–C–N with tert-alkyl or cyclic N) is 1. The molecule has 0 radical (unpaired) electrons. The minimum absolute atomic E-state index is 0.189. The zero-order chi connectivity index (χ0) is 14.3. The number of ether oxygens (including phenoxy) is 2. The van der Waals surface area contributed by atoms with Crippen LogP contribution in [0, 0.1) is 0 Å². The van der Waals surface area contributed by atoms with E-state index in [4.69, 9.17) is 15.2 Å². The number of para-hydroxylation sites is 2. The fourth-order valence-electron chi connectivity index (χ4n) is 1.45. The Morgan fingerprint density at radius 3 is 2.53 bits per heavy atom. The lowest BCUT2D eigenvalue weighted by molar-refractivity contribution is 0.0978. The predicted octanol–water partition coefficient (Wildman–Crippen LogP) is 0.762. The zero-order valence-electron chi connectivity index (χ0n) is 11.8. The van der Waals surface area contributed by atoms with Crippen molar-refractivity contribution < 1.29 is 14.6 Å². The maximum absolute atomic E-state index is 9.86. The molecule has 5 heteroatoms. The third-order valence-electron chi connectivity index (χ3n) is 2.83. The number of nitrogens with two attached hydrogens (primary N) is 1. The van der Waals surface area contributed by atoms with Crippen LogP contribution in [-0.4, -0.2) is 43.6 Å². The first kappa shape index (κ1) is 15.8. The molecular formula is C14H24N2O3. The van der Waals surface area contributed by atoms with Crippen LogP contribution >= 0.6 is 0 Å². The van der Waals surface area contributed by atoms with Gasteiger partial charge >= 0.3 is 0 Å². The van der Waals surface area contributed by atoms with E-state index >= 15 is 0 Å². The molecule has 0 heterocycles. The lowest BCUT2D eigenvalue weighted by atomic mass is 10.1. The second-order valence-electron chi connectivity index (χ2n) is 5.08. The summed E-state index contributed by atoms with van der Waals surface area (Å²) in [6, 6.07) is 7.35. The van der Waals surface area contributed by atoms with Crippen molar-refractivity contribution in [2.75, 3.05) is 26.8 Å². The molecule has 0 spiro atoms. The molecule has 1 aromatic rings. The first-order valence-corrected chi connectivity index (χ1v) is 6.37. The Morgan fingerprint density at radius 1 is 1.32 bits per heavy atom. The fraction of sp³-hybridized carbons (Fsp3) is 0.571. The van der Waals surface area contributed by atoms with Gasteiger partial charge in [0.15, 0.2) is 11.5 Å². The first-order valence-electron chi connectivity index (χ1n) is 6.37. The highest BCUT2D eigenvalue weighted by atomic mass is 16.5. The Labute approximate surface area is 114 Å². The third kappa shape index (κ3) is 5.46. The lowest BCUT2D eigenvalue weighted by Crippen LogP contribution is -2.49. The minimum Gasteiger partial charge on any atom is -0.493 e. The standard InChI is InChI=1S/C14H24N2O3/c1-14(2,10-15)16-8-11(17)9-19-13-7-5-4-6-12(13)18-3/h4-7,11,16-17H,8-10,15H2,1-3H3. The van der Waals surface area contributed by atoms with E-state index in [0.717, 1.165) is 0 Å². The summed E-state index contributed by atoms with van der Waals surface area (Å²) in [5, 5.41) is 13.1. The van der Waals surface area contributed by atoms with Crippen LogP contribution in [0.5, 0.6) is 11.5 Å². The van der Waals surface area contributed by atoms with E-state index in [-0.39, 0.29) is 12.1 Å². The highest BCUT2D eigenvalue weighted by molar-refractivity contribution is 5.39. The smallest absolute Gasteiger partial charge is 0.161 e. The van der Waals surface area contributed by atoms with E-state index in [2.05, 4.69) is 5.32 Å². The van der Waals surface area contributed by atoms with Gasteiger partial charge in [0.25, 0.3) is 0 Å². The summed E-state index contributed by atoms with van der Waals surface area (Å²) in [6.45, 7) is 5.11. The molecule has 0 aliphatic rings. The fourth-order valence-corrected chi connectivity index (χ4v) is 1.45. The van der Waals surface area contributed by atoms with Crippen molar-refractivity contribution in [3.8, 4) is 11.5 Å². The number of aliphatic hydroxyl groups excluding tert-OH is 1. The van der Waals surface area contributed by atoms with Gasteiger partial charge in [0.1, 0.15) is 12.7 Å². The number of methoxy groups -OCH3 is 1. The maximum atomic E-state index is 9.86. The van der Waals surface area contributed by atoms with Gasteiger partial charge in [-0.2, -0.15) is 0 Å². The summed E-state index contributed by atoms with van der Waals surface area (Å²) in [4.78, 5) is 0. The minimum atomic E-state index is -0.601. The summed E-state index contributed by atoms with van der Waals surface area (Å²) in [5.41, 5.74) is 5.41. The molecule has 4 N–H and O–H groups in total. The number of benzene rings is 1. The molecule has 0 saturated heterocycles. The predicted molar refractivity (Wildman–Crippen MR) is 75.6 cm³/mol. The van der Waals surface area contributed by atoms with Gasteiger partial charge in [-0.3, -0.25) is 0 Å². The molecule has 19 heavy (non-hydrogen) atoms. The molecule has 1 rings (SSSR count). The molecule has 0 amide bonds. The van der Waals surface area contributed by atoms with Crippen molar-refractivity contribution in [2.24, 2.45) is 5.73 Å². The van der Waals surface area contributed by atoms with Crippen LogP contribution in [0.4, 0.5) is 0 Å². The van der Waals surface area contributed by atoms with Gasteiger partial charge in [-0.25, -0.2) is 0 Å². The zero-order valence-corrected chi connectivity index (χ0v) is 11.8. The number of nitrogens with one attached hydrogen (secondary N) is 1. The summed E-state index contributed by atoms with van der Waals surface area (Å²) < 4.78 is 10.7. The van der Waals surface area contributed by atoms with Gasteiger partial charge in [0.2, 0.25) is 0 Å². The van der Waals surface area contributed by atoms with Crippen LogP contribution < -0.4 is 20.5 Å². The van der Waals surface area contributed by atoms with E-state index in [1.165, 1.54) is 0 Å². The van der Waals surface area contributed by atoms with Crippen molar-refractivity contribution in [3.63, 3.8) is 0 Å².